The van der Waals surface area contributed by atoms with Crippen LogP contribution in [0.3, 0.4) is 0 Å². The fourth-order valence-corrected chi connectivity index (χ4v) is 3.24. The summed E-state index contributed by atoms with van der Waals surface area (Å²) in [6.07, 6.45) is 2.59. The van der Waals surface area contributed by atoms with Gasteiger partial charge in [-0.1, -0.05) is 6.07 Å². The SMILES string of the molecule is Oc1cccc(N2CCN(C(=S)NC[C@H]3CCCO3)CC2)c1. The highest BCUT2D eigenvalue weighted by atomic mass is 32.1. The number of aromatic hydroxyl groups is 1. The summed E-state index contributed by atoms with van der Waals surface area (Å²) >= 11 is 5.49. The van der Waals surface area contributed by atoms with Gasteiger partial charge in [0.2, 0.25) is 0 Å². The molecule has 1 atom stereocenters. The highest BCUT2D eigenvalue weighted by Gasteiger charge is 2.21. The third-order valence-corrected chi connectivity index (χ3v) is 4.67. The maximum Gasteiger partial charge on any atom is 0.169 e. The second kappa shape index (κ2) is 7.15. The van der Waals surface area contributed by atoms with Gasteiger partial charge in [-0.05, 0) is 37.2 Å². The van der Waals surface area contributed by atoms with Crippen LogP contribution in [0, 0.1) is 0 Å². The van der Waals surface area contributed by atoms with Crippen molar-refractivity contribution >= 4 is 23.0 Å². The number of rotatable bonds is 3. The van der Waals surface area contributed by atoms with E-state index in [9.17, 15) is 5.11 Å². The molecule has 0 unspecified atom stereocenters. The Labute approximate surface area is 136 Å². The fourth-order valence-electron chi connectivity index (χ4n) is 2.98. The van der Waals surface area contributed by atoms with Crippen molar-refractivity contribution in [1.29, 1.82) is 0 Å². The van der Waals surface area contributed by atoms with E-state index in [2.05, 4.69) is 15.1 Å². The summed E-state index contributed by atoms with van der Waals surface area (Å²) in [6, 6.07) is 7.42. The summed E-state index contributed by atoms with van der Waals surface area (Å²) in [7, 11) is 0. The zero-order valence-corrected chi connectivity index (χ0v) is 13.5. The van der Waals surface area contributed by atoms with E-state index in [-0.39, 0.29) is 0 Å². The summed E-state index contributed by atoms with van der Waals surface area (Å²) in [5.74, 6) is 0.314. The number of thiocarbonyl (C=S) groups is 1. The lowest BCUT2D eigenvalue weighted by molar-refractivity contribution is 0.113. The molecule has 2 aliphatic rings. The molecule has 120 valence electrons. The summed E-state index contributed by atoms with van der Waals surface area (Å²) in [5, 5.41) is 13.7. The number of hydrogen-bond donors (Lipinski definition) is 2. The van der Waals surface area contributed by atoms with Gasteiger partial charge in [0.05, 0.1) is 6.10 Å². The van der Waals surface area contributed by atoms with Gasteiger partial charge in [0.1, 0.15) is 5.75 Å². The molecule has 0 aromatic heterocycles. The van der Waals surface area contributed by atoms with Crippen molar-refractivity contribution < 1.29 is 9.84 Å². The Hall–Kier alpha value is -1.53. The molecule has 2 aliphatic heterocycles. The fraction of sp³-hybridized carbons (Fsp3) is 0.562. The lowest BCUT2D eigenvalue weighted by atomic mass is 10.2. The molecule has 2 heterocycles. The molecule has 0 spiro atoms. The van der Waals surface area contributed by atoms with Gasteiger partial charge in [-0.2, -0.15) is 0 Å². The minimum Gasteiger partial charge on any atom is -0.508 e. The summed E-state index contributed by atoms with van der Waals surface area (Å²) < 4.78 is 5.60. The third kappa shape index (κ3) is 3.81. The zero-order valence-electron chi connectivity index (χ0n) is 12.7. The van der Waals surface area contributed by atoms with Gasteiger partial charge >= 0.3 is 0 Å². The number of benzene rings is 1. The standard InChI is InChI=1S/C16H23N3O2S/c20-14-4-1-3-13(11-14)18-6-8-19(9-7-18)16(22)17-12-15-5-2-10-21-15/h1,3-4,11,15,20H,2,5-10,12H2,(H,17,22)/t15-/m1/s1. The van der Waals surface area contributed by atoms with Crippen LogP contribution in [0.5, 0.6) is 5.75 Å². The van der Waals surface area contributed by atoms with Crippen LogP contribution in [0.1, 0.15) is 12.8 Å². The molecule has 0 amide bonds. The van der Waals surface area contributed by atoms with Crippen molar-refractivity contribution in [3.63, 3.8) is 0 Å². The Balaban J connectivity index is 1.45. The lowest BCUT2D eigenvalue weighted by Crippen LogP contribution is -2.52. The Bertz CT molecular complexity index is 512. The largest absolute Gasteiger partial charge is 0.508 e. The summed E-state index contributed by atoms with van der Waals surface area (Å²) in [6.45, 7) is 5.30. The molecule has 6 heteroatoms. The van der Waals surface area contributed by atoms with Crippen molar-refractivity contribution in [2.45, 2.75) is 18.9 Å². The Morgan fingerprint density at radius 3 is 2.82 bits per heavy atom. The number of nitrogens with zero attached hydrogens (tertiary/aromatic N) is 2. The van der Waals surface area contributed by atoms with Crippen molar-refractivity contribution in [1.82, 2.24) is 10.2 Å². The van der Waals surface area contributed by atoms with Crippen LogP contribution in [0.15, 0.2) is 24.3 Å². The minimum absolute atomic E-state index is 0.312. The van der Waals surface area contributed by atoms with Gasteiger partial charge in [-0.3, -0.25) is 0 Å². The first kappa shape index (κ1) is 15.4. The first-order chi connectivity index (χ1) is 10.7. The minimum atomic E-state index is 0.312. The molecular formula is C16H23N3O2S. The molecule has 2 fully saturated rings. The molecule has 0 bridgehead atoms. The normalized spacial score (nSPS) is 21.9. The number of phenolic OH excluding ortho intramolecular Hbond substituents is 1. The van der Waals surface area contributed by atoms with Crippen molar-refractivity contribution in [2.24, 2.45) is 0 Å². The highest BCUT2D eigenvalue weighted by molar-refractivity contribution is 7.80. The second-order valence-electron chi connectivity index (χ2n) is 5.82. The predicted octanol–water partition coefficient (Wildman–Crippen LogP) is 1.57. The van der Waals surface area contributed by atoms with E-state index in [0.717, 1.165) is 63.0 Å². The van der Waals surface area contributed by atoms with Gasteiger partial charge < -0.3 is 25.0 Å². The number of hydrogen-bond acceptors (Lipinski definition) is 4. The van der Waals surface area contributed by atoms with Crippen LogP contribution in [0.25, 0.3) is 0 Å². The van der Waals surface area contributed by atoms with Crippen LogP contribution >= 0.6 is 12.2 Å². The Morgan fingerprint density at radius 2 is 2.14 bits per heavy atom. The number of ether oxygens (including phenoxy) is 1. The quantitative estimate of drug-likeness (QED) is 0.824. The van der Waals surface area contributed by atoms with Gasteiger partial charge in [0, 0.05) is 51.1 Å². The molecule has 22 heavy (non-hydrogen) atoms. The predicted molar refractivity (Wildman–Crippen MR) is 91.5 cm³/mol. The Kier molecular flexibility index (Phi) is 5.00. The lowest BCUT2D eigenvalue weighted by Gasteiger charge is -2.37. The molecular weight excluding hydrogens is 298 g/mol. The average molecular weight is 321 g/mol. The van der Waals surface area contributed by atoms with E-state index in [4.69, 9.17) is 17.0 Å². The first-order valence-corrected chi connectivity index (χ1v) is 8.31. The molecule has 1 aromatic carbocycles. The third-order valence-electron chi connectivity index (χ3n) is 4.27. The van der Waals surface area contributed by atoms with Crippen molar-refractivity contribution in [2.75, 3.05) is 44.2 Å². The Morgan fingerprint density at radius 1 is 1.32 bits per heavy atom. The molecule has 0 saturated carbocycles. The molecule has 0 radical (unpaired) electrons. The van der Waals surface area contributed by atoms with Gasteiger partial charge in [0.25, 0.3) is 0 Å². The second-order valence-corrected chi connectivity index (χ2v) is 6.20. The van der Waals surface area contributed by atoms with E-state index in [1.807, 2.05) is 18.2 Å². The number of phenols is 1. The smallest absolute Gasteiger partial charge is 0.169 e. The summed E-state index contributed by atoms with van der Waals surface area (Å²) in [5.41, 5.74) is 1.07. The molecule has 3 rings (SSSR count). The first-order valence-electron chi connectivity index (χ1n) is 7.91. The molecule has 2 N–H and O–H groups in total. The maximum atomic E-state index is 9.58. The number of anilines is 1. The number of nitrogens with one attached hydrogen (secondary N) is 1. The van der Waals surface area contributed by atoms with Crippen molar-refractivity contribution in [3.05, 3.63) is 24.3 Å². The molecule has 2 saturated heterocycles. The van der Waals surface area contributed by atoms with Gasteiger partial charge in [-0.25, -0.2) is 0 Å². The van der Waals surface area contributed by atoms with Crippen LogP contribution < -0.4 is 10.2 Å². The van der Waals surface area contributed by atoms with Gasteiger partial charge in [0.15, 0.2) is 5.11 Å². The topological polar surface area (TPSA) is 48.0 Å². The van der Waals surface area contributed by atoms with Crippen LogP contribution in [-0.4, -0.2) is 60.6 Å². The van der Waals surface area contributed by atoms with E-state index >= 15 is 0 Å². The van der Waals surface area contributed by atoms with Crippen LogP contribution in [-0.2, 0) is 4.74 Å². The monoisotopic (exact) mass is 321 g/mol. The highest BCUT2D eigenvalue weighted by Crippen LogP contribution is 2.21. The van der Waals surface area contributed by atoms with Crippen LogP contribution in [0.4, 0.5) is 5.69 Å². The van der Waals surface area contributed by atoms with E-state index < -0.39 is 0 Å². The van der Waals surface area contributed by atoms with Gasteiger partial charge in [-0.15, -0.1) is 0 Å². The zero-order chi connectivity index (χ0) is 15.4. The molecule has 5 nitrogen and oxygen atoms in total. The van der Waals surface area contributed by atoms with E-state index in [1.165, 1.54) is 0 Å². The maximum absolute atomic E-state index is 9.58. The van der Waals surface area contributed by atoms with E-state index in [0.29, 0.717) is 11.9 Å². The summed E-state index contributed by atoms with van der Waals surface area (Å²) in [4.78, 5) is 4.49. The molecule has 1 aromatic rings. The van der Waals surface area contributed by atoms with Crippen molar-refractivity contribution in [3.8, 4) is 5.75 Å². The number of piperazine rings is 1. The van der Waals surface area contributed by atoms with E-state index in [1.54, 1.807) is 6.07 Å². The van der Waals surface area contributed by atoms with Crippen LogP contribution in [0.2, 0.25) is 0 Å². The average Bonchev–Trinajstić information content (AvgIpc) is 3.06. The molecule has 0 aliphatic carbocycles.